The van der Waals surface area contributed by atoms with E-state index >= 15 is 0 Å². The number of methoxy groups -OCH3 is 1. The topological polar surface area (TPSA) is 76.4 Å². The molecule has 0 radical (unpaired) electrons. The molecule has 0 aliphatic rings. The first-order valence-electron chi connectivity index (χ1n) is 7.36. The summed E-state index contributed by atoms with van der Waals surface area (Å²) in [5.41, 5.74) is -0.655. The van der Waals surface area contributed by atoms with E-state index < -0.39 is 11.7 Å². The third-order valence-electron chi connectivity index (χ3n) is 3.51. The van der Waals surface area contributed by atoms with Crippen molar-refractivity contribution < 1.29 is 17.9 Å². The molecule has 0 aliphatic heterocycles. The largest absolute Gasteiger partial charge is 0.497 e. The first kappa shape index (κ1) is 22.0. The van der Waals surface area contributed by atoms with Crippen LogP contribution >= 0.6 is 24.0 Å². The molecule has 144 valence electrons. The number of aryl methyl sites for hydroxylation is 1. The van der Waals surface area contributed by atoms with E-state index in [1.54, 1.807) is 11.7 Å². The molecule has 0 fully saturated rings. The number of hydrogen-bond acceptors (Lipinski definition) is 4. The summed E-state index contributed by atoms with van der Waals surface area (Å²) in [6.45, 7) is 0.294. The van der Waals surface area contributed by atoms with E-state index in [-0.39, 0.29) is 41.8 Å². The van der Waals surface area contributed by atoms with Crippen LogP contribution in [0, 0.1) is 0 Å². The van der Waals surface area contributed by atoms with E-state index in [0.717, 1.165) is 6.07 Å². The maximum atomic E-state index is 13.2. The predicted molar refractivity (Wildman–Crippen MR) is 101 cm³/mol. The summed E-state index contributed by atoms with van der Waals surface area (Å²) in [6.07, 6.45) is -3.05. The highest BCUT2D eigenvalue weighted by atomic mass is 127. The van der Waals surface area contributed by atoms with Gasteiger partial charge in [0.05, 0.1) is 19.2 Å². The van der Waals surface area contributed by atoms with Crippen LogP contribution in [0.4, 0.5) is 13.2 Å². The molecule has 11 heteroatoms. The van der Waals surface area contributed by atoms with Crippen LogP contribution < -0.4 is 15.4 Å². The Labute approximate surface area is 166 Å². The normalized spacial score (nSPS) is 11.7. The third-order valence-corrected chi connectivity index (χ3v) is 3.51. The highest BCUT2D eigenvalue weighted by Gasteiger charge is 2.33. The van der Waals surface area contributed by atoms with Gasteiger partial charge in [0.2, 0.25) is 0 Å². The van der Waals surface area contributed by atoms with Crippen molar-refractivity contribution in [2.45, 2.75) is 19.3 Å². The van der Waals surface area contributed by atoms with Gasteiger partial charge in [-0.05, 0) is 17.7 Å². The smallest absolute Gasteiger partial charge is 0.416 e. The van der Waals surface area contributed by atoms with E-state index in [9.17, 15) is 13.2 Å². The monoisotopic (exact) mass is 484 g/mol. The van der Waals surface area contributed by atoms with Crippen LogP contribution in [0.1, 0.15) is 17.0 Å². The average molecular weight is 484 g/mol. The minimum Gasteiger partial charge on any atom is -0.497 e. The molecule has 0 spiro atoms. The van der Waals surface area contributed by atoms with Gasteiger partial charge in [-0.1, -0.05) is 6.07 Å². The molecule has 0 amide bonds. The Kier molecular flexibility index (Phi) is 8.11. The Bertz CT molecular complexity index is 747. The van der Waals surface area contributed by atoms with Crippen LogP contribution in [0.5, 0.6) is 5.75 Å². The minimum atomic E-state index is -4.47. The van der Waals surface area contributed by atoms with Gasteiger partial charge in [0, 0.05) is 20.6 Å². The van der Waals surface area contributed by atoms with Crippen molar-refractivity contribution in [3.05, 3.63) is 41.5 Å². The van der Waals surface area contributed by atoms with Crippen LogP contribution in [-0.2, 0) is 26.3 Å². The number of aliphatic imine (C=N–C) groups is 1. The fourth-order valence-corrected chi connectivity index (χ4v) is 2.14. The fraction of sp³-hybridized carbons (Fsp3) is 0.400. The maximum Gasteiger partial charge on any atom is 0.416 e. The second kappa shape index (κ2) is 9.59. The van der Waals surface area contributed by atoms with Gasteiger partial charge in [0.15, 0.2) is 5.96 Å². The first-order chi connectivity index (χ1) is 11.8. The van der Waals surface area contributed by atoms with Crippen molar-refractivity contribution in [1.82, 2.24) is 25.4 Å². The molecule has 2 N–H and O–H groups in total. The maximum absolute atomic E-state index is 13.2. The number of guanidine groups is 1. The summed E-state index contributed by atoms with van der Waals surface area (Å²) in [5.74, 6) is 1.18. The number of hydrogen-bond donors (Lipinski definition) is 2. The standard InChI is InChI=1S/C15H19F3N6O.HI/c1-19-14(21-8-13-22-9-23-24(13)2)20-7-10-4-5-11(25-3)6-12(10)15(16,17)18;/h4-6,9H,7-8H2,1-3H3,(H2,19,20,21);1H. The van der Waals surface area contributed by atoms with Gasteiger partial charge in [-0.25, -0.2) is 4.98 Å². The number of aromatic nitrogens is 3. The van der Waals surface area contributed by atoms with Crippen molar-refractivity contribution in [3.63, 3.8) is 0 Å². The summed E-state index contributed by atoms with van der Waals surface area (Å²) in [7, 11) is 4.60. The molecule has 2 aromatic rings. The molecule has 2 rings (SSSR count). The predicted octanol–water partition coefficient (Wildman–Crippen LogP) is 2.33. The first-order valence-corrected chi connectivity index (χ1v) is 7.36. The van der Waals surface area contributed by atoms with Crippen molar-refractivity contribution in [2.75, 3.05) is 14.2 Å². The minimum absolute atomic E-state index is 0. The number of nitrogens with one attached hydrogen (secondary N) is 2. The van der Waals surface area contributed by atoms with Gasteiger partial charge in [0.1, 0.15) is 17.9 Å². The van der Waals surface area contributed by atoms with Gasteiger partial charge >= 0.3 is 6.18 Å². The zero-order valence-corrected chi connectivity index (χ0v) is 16.8. The highest BCUT2D eigenvalue weighted by molar-refractivity contribution is 14.0. The van der Waals surface area contributed by atoms with E-state index in [1.165, 1.54) is 32.6 Å². The van der Waals surface area contributed by atoms with Crippen molar-refractivity contribution in [3.8, 4) is 5.75 Å². The van der Waals surface area contributed by atoms with E-state index in [0.29, 0.717) is 18.3 Å². The van der Waals surface area contributed by atoms with Crippen molar-refractivity contribution >= 4 is 29.9 Å². The number of alkyl halides is 3. The quantitative estimate of drug-likeness (QED) is 0.387. The fourth-order valence-electron chi connectivity index (χ4n) is 2.14. The van der Waals surface area contributed by atoms with Crippen LogP contribution in [0.25, 0.3) is 0 Å². The van der Waals surface area contributed by atoms with E-state index in [4.69, 9.17) is 4.74 Å². The van der Waals surface area contributed by atoms with Crippen molar-refractivity contribution in [1.29, 1.82) is 0 Å². The molecule has 1 aromatic heterocycles. The van der Waals surface area contributed by atoms with Crippen molar-refractivity contribution in [2.24, 2.45) is 12.0 Å². The van der Waals surface area contributed by atoms with E-state index in [2.05, 4.69) is 25.7 Å². The Balaban J connectivity index is 0.00000338. The Morgan fingerprint density at radius 3 is 2.50 bits per heavy atom. The molecule has 0 unspecified atom stereocenters. The second-order valence-corrected chi connectivity index (χ2v) is 5.10. The average Bonchev–Trinajstić information content (AvgIpc) is 2.99. The summed E-state index contributed by atoms with van der Waals surface area (Å²) < 4.78 is 46.1. The van der Waals surface area contributed by atoms with Crippen LogP contribution in [0.15, 0.2) is 29.5 Å². The Morgan fingerprint density at radius 1 is 1.27 bits per heavy atom. The Hall–Kier alpha value is -2.05. The summed E-state index contributed by atoms with van der Waals surface area (Å²) in [6, 6.07) is 3.85. The summed E-state index contributed by atoms with van der Waals surface area (Å²) in [4.78, 5) is 8.04. The van der Waals surface area contributed by atoms with Gasteiger partial charge in [-0.3, -0.25) is 9.67 Å². The molecule has 26 heavy (non-hydrogen) atoms. The second-order valence-electron chi connectivity index (χ2n) is 5.10. The lowest BCUT2D eigenvalue weighted by atomic mass is 10.1. The van der Waals surface area contributed by atoms with Gasteiger partial charge in [-0.2, -0.15) is 18.3 Å². The molecule has 1 aromatic carbocycles. The Morgan fingerprint density at radius 2 is 1.96 bits per heavy atom. The number of benzene rings is 1. The van der Waals surface area contributed by atoms with Gasteiger partial charge in [0.25, 0.3) is 0 Å². The molecule has 7 nitrogen and oxygen atoms in total. The highest BCUT2D eigenvalue weighted by Crippen LogP contribution is 2.34. The third kappa shape index (κ3) is 5.75. The molecule has 0 saturated heterocycles. The molecule has 1 heterocycles. The molecular formula is C15H20F3IN6O. The molecule has 0 atom stereocenters. The number of nitrogens with zero attached hydrogens (tertiary/aromatic N) is 4. The van der Waals surface area contributed by atoms with Gasteiger partial charge in [-0.15, -0.1) is 24.0 Å². The zero-order chi connectivity index (χ0) is 18.4. The summed E-state index contributed by atoms with van der Waals surface area (Å²) >= 11 is 0. The summed E-state index contributed by atoms with van der Waals surface area (Å²) in [5, 5.41) is 9.77. The number of halogens is 4. The van der Waals surface area contributed by atoms with Crippen LogP contribution in [0.2, 0.25) is 0 Å². The lowest BCUT2D eigenvalue weighted by Gasteiger charge is -2.16. The molecular weight excluding hydrogens is 464 g/mol. The molecule has 0 saturated carbocycles. The number of rotatable bonds is 5. The van der Waals surface area contributed by atoms with Gasteiger partial charge < -0.3 is 15.4 Å². The lowest BCUT2D eigenvalue weighted by Crippen LogP contribution is -2.37. The van der Waals surface area contributed by atoms with Crippen LogP contribution in [0.3, 0.4) is 0 Å². The molecule has 0 bridgehead atoms. The molecule has 0 aliphatic carbocycles. The van der Waals surface area contributed by atoms with Crippen LogP contribution in [-0.4, -0.2) is 34.9 Å². The zero-order valence-electron chi connectivity index (χ0n) is 14.5. The lowest BCUT2D eigenvalue weighted by molar-refractivity contribution is -0.138. The van der Waals surface area contributed by atoms with E-state index in [1.807, 2.05) is 0 Å². The number of ether oxygens (including phenoxy) is 1. The SMILES string of the molecule is CN=C(NCc1ccc(OC)cc1C(F)(F)F)NCc1ncnn1C.I.